The van der Waals surface area contributed by atoms with Crippen molar-refractivity contribution in [3.63, 3.8) is 0 Å². The smallest absolute Gasteiger partial charge is 0.191 e. The molecule has 0 saturated carbocycles. The quantitative estimate of drug-likeness (QED) is 0.610. The Morgan fingerprint density at radius 3 is 2.50 bits per heavy atom. The van der Waals surface area contributed by atoms with Gasteiger partial charge in [-0.15, -0.1) is 0 Å². The van der Waals surface area contributed by atoms with Crippen LogP contribution in [0, 0.1) is 25.2 Å². The summed E-state index contributed by atoms with van der Waals surface area (Å²) in [5, 5.41) is 9.85. The number of aryl methyl sites for hydroxylation is 2. The predicted molar refractivity (Wildman–Crippen MR) is 100 cm³/mol. The molecule has 0 amide bonds. The van der Waals surface area contributed by atoms with Crippen molar-refractivity contribution < 1.29 is 0 Å². The Morgan fingerprint density at radius 2 is 1.92 bits per heavy atom. The Kier molecular flexibility index (Phi) is 4.84. The largest absolute Gasteiger partial charge is 0.313 e. The first-order valence-corrected chi connectivity index (χ1v) is 8.72. The van der Waals surface area contributed by atoms with E-state index in [1.807, 2.05) is 31.2 Å². The minimum absolute atomic E-state index is 0.641. The summed E-state index contributed by atoms with van der Waals surface area (Å²) in [6.45, 7) is 4.68. The van der Waals surface area contributed by atoms with Gasteiger partial charge in [0.25, 0.3) is 0 Å². The van der Waals surface area contributed by atoms with E-state index in [4.69, 9.17) is 16.9 Å². The van der Waals surface area contributed by atoms with Gasteiger partial charge < -0.3 is 4.90 Å². The first kappa shape index (κ1) is 16.5. The molecule has 1 aromatic heterocycles. The Labute approximate surface area is 150 Å². The summed E-state index contributed by atoms with van der Waals surface area (Å²) < 4.78 is 0.702. The molecule has 0 bridgehead atoms. The molecule has 0 N–H and O–H groups in total. The highest BCUT2D eigenvalue weighted by Gasteiger charge is 2.16. The zero-order chi connectivity index (χ0) is 17.1. The Balaban J connectivity index is 2.01. The molecule has 0 fully saturated rings. The highest BCUT2D eigenvalue weighted by Crippen LogP contribution is 2.35. The van der Waals surface area contributed by atoms with Crippen LogP contribution in [0.25, 0.3) is 0 Å². The van der Waals surface area contributed by atoms with Gasteiger partial charge in [0.2, 0.25) is 0 Å². The zero-order valence-corrected chi connectivity index (χ0v) is 15.0. The molecule has 3 rings (SSSR count). The van der Waals surface area contributed by atoms with E-state index in [2.05, 4.69) is 47.1 Å². The van der Waals surface area contributed by atoms with Crippen LogP contribution in [0.2, 0.25) is 4.34 Å². The van der Waals surface area contributed by atoms with Crippen LogP contribution >= 0.6 is 22.9 Å². The maximum absolute atomic E-state index is 9.00. The number of halogens is 1. The summed E-state index contributed by atoms with van der Waals surface area (Å²) in [6, 6.07) is 18.1. The number of benzene rings is 2. The van der Waals surface area contributed by atoms with Crippen molar-refractivity contribution in [2.75, 3.05) is 4.90 Å². The predicted octanol–water partition coefficient (Wildman–Crippen LogP) is 5.62. The van der Waals surface area contributed by atoms with Crippen LogP contribution in [0.5, 0.6) is 0 Å². The maximum Gasteiger partial charge on any atom is 0.191 e. The van der Waals surface area contributed by atoms with Crippen LogP contribution in [0.15, 0.2) is 48.5 Å². The van der Waals surface area contributed by atoms with E-state index >= 15 is 0 Å². The summed E-state index contributed by atoms with van der Waals surface area (Å²) in [7, 11) is 0. The summed E-state index contributed by atoms with van der Waals surface area (Å²) >= 11 is 7.69. The van der Waals surface area contributed by atoms with Crippen molar-refractivity contribution >= 4 is 33.8 Å². The summed E-state index contributed by atoms with van der Waals surface area (Å²) in [6.07, 6.45) is 0. The van der Waals surface area contributed by atoms with E-state index in [-0.39, 0.29) is 0 Å². The molecular weight excluding hydrogens is 338 g/mol. The number of aromatic nitrogens is 1. The molecule has 0 atom stereocenters. The third-order valence-electron chi connectivity index (χ3n) is 3.69. The lowest BCUT2D eigenvalue weighted by molar-refractivity contribution is 0.958. The molecule has 3 nitrogen and oxygen atoms in total. The van der Waals surface area contributed by atoms with Crippen LogP contribution < -0.4 is 4.90 Å². The van der Waals surface area contributed by atoms with Crippen molar-refractivity contribution in [3.8, 4) is 6.07 Å². The van der Waals surface area contributed by atoms with Gasteiger partial charge in [0.05, 0.1) is 23.9 Å². The molecule has 0 aliphatic carbocycles. The number of anilines is 2. The van der Waals surface area contributed by atoms with E-state index in [9.17, 15) is 0 Å². The summed E-state index contributed by atoms with van der Waals surface area (Å²) in [4.78, 5) is 6.72. The van der Waals surface area contributed by atoms with E-state index in [0.717, 1.165) is 16.5 Å². The van der Waals surface area contributed by atoms with Gasteiger partial charge in [0.1, 0.15) is 4.34 Å². The first-order valence-electron chi connectivity index (χ1n) is 7.53. The molecule has 0 unspecified atom stereocenters. The van der Waals surface area contributed by atoms with Gasteiger partial charge in [-0.1, -0.05) is 52.8 Å². The zero-order valence-electron chi connectivity index (χ0n) is 13.5. The van der Waals surface area contributed by atoms with Crippen molar-refractivity contribution in [1.82, 2.24) is 4.98 Å². The molecule has 3 aromatic rings. The second kappa shape index (κ2) is 7.04. The highest BCUT2D eigenvalue weighted by atomic mass is 35.5. The minimum atomic E-state index is 0.641. The lowest BCUT2D eigenvalue weighted by Gasteiger charge is -2.22. The van der Waals surface area contributed by atoms with E-state index in [1.165, 1.54) is 22.5 Å². The monoisotopic (exact) mass is 353 g/mol. The highest BCUT2D eigenvalue weighted by molar-refractivity contribution is 7.19. The molecular formula is C19H16ClN3S. The third kappa shape index (κ3) is 3.59. The second-order valence-electron chi connectivity index (χ2n) is 5.59. The van der Waals surface area contributed by atoms with Crippen LogP contribution in [0.3, 0.4) is 0 Å². The number of nitriles is 1. The SMILES string of the molecule is Cc1cccc(CN(c2ccc(C#N)cc2)c2nc(C)c(Cl)s2)c1. The van der Waals surface area contributed by atoms with Crippen molar-refractivity contribution in [1.29, 1.82) is 5.26 Å². The third-order valence-corrected chi connectivity index (χ3v) is 5.16. The molecule has 0 spiro atoms. The van der Waals surface area contributed by atoms with E-state index in [1.54, 1.807) is 0 Å². The lowest BCUT2D eigenvalue weighted by atomic mass is 10.1. The van der Waals surface area contributed by atoms with Crippen molar-refractivity contribution in [2.45, 2.75) is 20.4 Å². The second-order valence-corrected chi connectivity index (χ2v) is 7.17. The number of nitrogens with zero attached hydrogens (tertiary/aromatic N) is 3. The molecule has 0 aliphatic heterocycles. The molecule has 0 radical (unpaired) electrons. The van der Waals surface area contributed by atoms with Crippen molar-refractivity contribution in [2.24, 2.45) is 0 Å². The molecule has 2 aromatic carbocycles. The number of hydrogen-bond donors (Lipinski definition) is 0. The van der Waals surface area contributed by atoms with Crippen LogP contribution in [-0.4, -0.2) is 4.98 Å². The fourth-order valence-electron chi connectivity index (χ4n) is 2.46. The Bertz CT molecular complexity index is 874. The van der Waals surface area contributed by atoms with Gasteiger partial charge in [-0.3, -0.25) is 0 Å². The standard InChI is InChI=1S/C19H16ClN3S/c1-13-4-3-5-16(10-13)12-23(19-22-14(2)18(20)24-19)17-8-6-15(11-21)7-9-17/h3-10H,12H2,1-2H3. The summed E-state index contributed by atoms with van der Waals surface area (Å²) in [5.41, 5.74) is 4.88. The Morgan fingerprint density at radius 1 is 1.17 bits per heavy atom. The van der Waals surface area contributed by atoms with Gasteiger partial charge >= 0.3 is 0 Å². The van der Waals surface area contributed by atoms with Crippen molar-refractivity contribution in [3.05, 3.63) is 75.3 Å². The molecule has 1 heterocycles. The van der Waals surface area contributed by atoms with Gasteiger partial charge in [0.15, 0.2) is 5.13 Å². The van der Waals surface area contributed by atoms with Crippen LogP contribution in [0.1, 0.15) is 22.4 Å². The molecule has 5 heteroatoms. The number of thiazole rings is 1. The topological polar surface area (TPSA) is 39.9 Å². The molecule has 0 saturated heterocycles. The minimum Gasteiger partial charge on any atom is -0.313 e. The van der Waals surface area contributed by atoms with Crippen LogP contribution in [-0.2, 0) is 6.54 Å². The average molecular weight is 354 g/mol. The van der Waals surface area contributed by atoms with Gasteiger partial charge in [-0.05, 0) is 43.7 Å². The normalized spacial score (nSPS) is 10.4. The average Bonchev–Trinajstić information content (AvgIpc) is 2.92. The Hall–Kier alpha value is -2.35. The number of rotatable bonds is 4. The lowest BCUT2D eigenvalue weighted by Crippen LogP contribution is -2.16. The fraction of sp³-hybridized carbons (Fsp3) is 0.158. The maximum atomic E-state index is 9.00. The van der Waals surface area contributed by atoms with Gasteiger partial charge in [-0.2, -0.15) is 5.26 Å². The van der Waals surface area contributed by atoms with Gasteiger partial charge in [-0.25, -0.2) is 4.98 Å². The van der Waals surface area contributed by atoms with E-state index in [0.29, 0.717) is 16.4 Å². The number of hydrogen-bond acceptors (Lipinski definition) is 4. The summed E-state index contributed by atoms with van der Waals surface area (Å²) in [5.74, 6) is 0. The first-order chi connectivity index (χ1) is 11.6. The van der Waals surface area contributed by atoms with Crippen LogP contribution in [0.4, 0.5) is 10.8 Å². The molecule has 0 aliphatic rings. The fourth-order valence-corrected chi connectivity index (χ4v) is 3.52. The molecule has 24 heavy (non-hydrogen) atoms. The molecule has 120 valence electrons. The van der Waals surface area contributed by atoms with Gasteiger partial charge in [0, 0.05) is 5.69 Å². The van der Waals surface area contributed by atoms with E-state index < -0.39 is 0 Å².